The molecule has 1 N–H and O–H groups in total. The van der Waals surface area contributed by atoms with Crippen LogP contribution in [0.15, 0.2) is 46.6 Å². The van der Waals surface area contributed by atoms with Crippen LogP contribution in [0.5, 0.6) is 0 Å². The van der Waals surface area contributed by atoms with Gasteiger partial charge >= 0.3 is 18.9 Å². The Labute approximate surface area is 348 Å². The highest BCUT2D eigenvalue weighted by Crippen LogP contribution is 2.30. The summed E-state index contributed by atoms with van der Waals surface area (Å²) in [6.45, 7) is 16.1. The zero-order chi connectivity index (χ0) is 41.3. The number of halogens is 3. The van der Waals surface area contributed by atoms with E-state index in [1.807, 2.05) is 0 Å². The van der Waals surface area contributed by atoms with Gasteiger partial charge in [0.05, 0.1) is 63.1 Å². The van der Waals surface area contributed by atoms with Crippen LogP contribution in [0, 0.1) is 24.8 Å². The average molecular weight is 892 g/mol. The molecule has 57 heavy (non-hydrogen) atoms. The molecule has 0 spiro atoms. The Morgan fingerprint density at radius 2 is 1.37 bits per heavy atom. The molecule has 2 aromatic carbocycles. The highest BCUT2D eigenvalue weighted by molar-refractivity contribution is 9.09. The fourth-order valence-corrected chi connectivity index (χ4v) is 5.99. The minimum Gasteiger partial charge on any atom is -0.490 e. The molecule has 0 saturated carbocycles. The number of alkyl halides is 1. The summed E-state index contributed by atoms with van der Waals surface area (Å²) in [5, 5.41) is 10.6. The Bertz CT molecular complexity index is 1900. The van der Waals surface area contributed by atoms with E-state index >= 15 is 0 Å². The standard InChI is InChI=1S/C18H20FN5O3S.C16H19FN4O3S.C2H2BrN/c1-20-11-23-8-7-22(12-21-23)16-5-3-13(9-15(16)19)24-10-14(27-18(24)25)4-6-17(28)26-2;1-23-15(25)5-3-12-9-21(16(22)24-12)11-2-4-14(13(17)8-11)20-7-6-18-19-10-20;1-4-2-3/h3,5,9,12,14H,4,6-8,10-11H2,2H3;2,4,8,10,12,18H,3,5-7,9H2,1H3;2H2/t14-;12-;/m00./s1. The Morgan fingerprint density at radius 1 is 0.860 bits per heavy atom. The molecule has 2 saturated heterocycles. The van der Waals surface area contributed by atoms with Gasteiger partial charge in [0.25, 0.3) is 5.45 Å². The van der Waals surface area contributed by atoms with Crippen molar-refractivity contribution in [1.82, 2.24) is 10.4 Å². The molecule has 4 heterocycles. The number of methoxy groups -OCH3 is 2. The summed E-state index contributed by atoms with van der Waals surface area (Å²) >= 11 is 12.9. The minimum absolute atomic E-state index is 0.180. The zero-order valence-corrected chi connectivity index (χ0v) is 34.4. The van der Waals surface area contributed by atoms with Gasteiger partial charge in [0.2, 0.25) is 0 Å². The van der Waals surface area contributed by atoms with E-state index in [0.717, 1.165) is 0 Å². The van der Waals surface area contributed by atoms with Gasteiger partial charge in [-0.05, 0) is 73.7 Å². The number of carbonyl (C=O) groups excluding carboxylic acids is 2. The van der Waals surface area contributed by atoms with Gasteiger partial charge in [-0.15, -0.1) is 0 Å². The van der Waals surface area contributed by atoms with E-state index in [2.05, 4.69) is 41.2 Å². The van der Waals surface area contributed by atoms with Crippen molar-refractivity contribution >= 4 is 98.1 Å². The SMILES string of the molecule is COC(=S)CC[C@H]1CN(c2ccc(N3C=NNCC3)c(F)c2)C(=O)O1.[C-]#[N+]CBr.[C-]#[N+]CN1CCN(c2ccc(N3C[C@H](CCC(=S)OC)OC3=O)cc2F)C=N1. The third-order valence-corrected chi connectivity index (χ3v) is 9.64. The molecule has 4 aliphatic heterocycles. The highest BCUT2D eigenvalue weighted by atomic mass is 79.9. The molecule has 4 aliphatic rings. The lowest BCUT2D eigenvalue weighted by Crippen LogP contribution is -2.38. The van der Waals surface area contributed by atoms with Gasteiger partial charge in [-0.2, -0.15) is 10.2 Å². The van der Waals surface area contributed by atoms with Crippen molar-refractivity contribution in [3.63, 3.8) is 0 Å². The van der Waals surface area contributed by atoms with Crippen molar-refractivity contribution in [3.05, 3.63) is 70.9 Å². The predicted molar refractivity (Wildman–Crippen MR) is 224 cm³/mol. The first-order valence-electron chi connectivity index (χ1n) is 17.5. The second kappa shape index (κ2) is 22.4. The maximum atomic E-state index is 14.7. The number of hydrazone groups is 2. The van der Waals surface area contributed by atoms with E-state index < -0.39 is 23.8 Å². The quantitative estimate of drug-likeness (QED) is 0.117. The fourth-order valence-electron chi connectivity index (χ4n) is 5.75. The van der Waals surface area contributed by atoms with Gasteiger partial charge in [-0.1, -0.05) is 0 Å². The molecule has 6 rings (SSSR count). The van der Waals surface area contributed by atoms with Gasteiger partial charge in [0.1, 0.15) is 36.5 Å². The number of amides is 2. The molecule has 16 nitrogen and oxygen atoms in total. The Hall–Kier alpha value is -5.38. The summed E-state index contributed by atoms with van der Waals surface area (Å²) in [6, 6.07) is 9.30. The molecule has 304 valence electrons. The smallest absolute Gasteiger partial charge is 0.414 e. The first-order chi connectivity index (χ1) is 27.5. The van der Waals surface area contributed by atoms with E-state index in [4.69, 9.17) is 56.5 Å². The molecule has 2 atom stereocenters. The molecule has 0 unspecified atom stereocenters. The van der Waals surface area contributed by atoms with Crippen LogP contribution in [-0.4, -0.2) is 118 Å². The molecule has 2 amide bonds. The van der Waals surface area contributed by atoms with Crippen LogP contribution >= 0.6 is 40.4 Å². The number of nitrogens with one attached hydrogen (secondary N) is 1. The maximum Gasteiger partial charge on any atom is 0.414 e. The number of hydrogen-bond acceptors (Lipinski definition) is 14. The van der Waals surface area contributed by atoms with E-state index in [1.165, 1.54) is 42.5 Å². The number of benzene rings is 2. The van der Waals surface area contributed by atoms with Crippen molar-refractivity contribution in [2.45, 2.75) is 37.9 Å². The van der Waals surface area contributed by atoms with Crippen LogP contribution < -0.4 is 25.0 Å². The van der Waals surface area contributed by atoms with Gasteiger partial charge in [-0.25, -0.2) is 36.5 Å². The van der Waals surface area contributed by atoms with Gasteiger partial charge in [0.15, 0.2) is 10.1 Å². The predicted octanol–water partition coefficient (Wildman–Crippen LogP) is 6.36. The molecule has 0 bridgehead atoms. The monoisotopic (exact) mass is 890 g/mol. The van der Waals surface area contributed by atoms with Gasteiger partial charge in [-0.3, -0.25) is 14.6 Å². The number of cyclic esters (lactones) is 2. The summed E-state index contributed by atoms with van der Waals surface area (Å²) in [7, 11) is 3.03. The van der Waals surface area contributed by atoms with E-state index in [1.54, 1.807) is 45.4 Å². The van der Waals surface area contributed by atoms with E-state index in [0.29, 0.717) is 103 Å². The summed E-state index contributed by atoms with van der Waals surface area (Å²) < 4.78 is 49.7. The van der Waals surface area contributed by atoms with Crippen molar-refractivity contribution in [2.75, 3.05) is 85.2 Å². The summed E-state index contributed by atoms with van der Waals surface area (Å²) in [5.74, 6) is -0.873. The lowest BCUT2D eigenvalue weighted by Gasteiger charge is -2.27. The van der Waals surface area contributed by atoms with Crippen LogP contribution in [0.1, 0.15) is 25.7 Å². The number of anilines is 4. The summed E-state index contributed by atoms with van der Waals surface area (Å²) in [4.78, 5) is 36.6. The average Bonchev–Trinajstić information content (AvgIpc) is 3.80. The molecule has 0 aliphatic carbocycles. The molecule has 2 fully saturated rings. The zero-order valence-electron chi connectivity index (χ0n) is 31.2. The summed E-state index contributed by atoms with van der Waals surface area (Å²) in [5.41, 5.74) is 4.93. The third kappa shape index (κ3) is 12.8. The fraction of sp³-hybridized carbons (Fsp3) is 0.444. The molecule has 0 radical (unpaired) electrons. The Morgan fingerprint density at radius 3 is 1.75 bits per heavy atom. The molecule has 2 aromatic rings. The van der Waals surface area contributed by atoms with Crippen LogP contribution in [0.2, 0.25) is 0 Å². The van der Waals surface area contributed by atoms with Crippen molar-refractivity contribution in [2.24, 2.45) is 10.2 Å². The van der Waals surface area contributed by atoms with Gasteiger partial charge < -0.3 is 39.0 Å². The number of thiocarbonyl (C=S) groups is 2. The molecular weight excluding hydrogens is 850 g/mol. The van der Waals surface area contributed by atoms with Crippen LogP contribution in [-0.2, 0) is 18.9 Å². The molecule has 21 heteroatoms. The first kappa shape index (κ1) is 44.3. The molecule has 0 aromatic heterocycles. The lowest BCUT2D eigenvalue weighted by molar-refractivity contribution is 0.136. The number of carbonyl (C=O) groups is 2. The Kier molecular flexibility index (Phi) is 17.4. The minimum atomic E-state index is -0.505. The number of ether oxygens (including phenoxy) is 4. The number of hydrogen-bond donors (Lipinski definition) is 1. The summed E-state index contributed by atoms with van der Waals surface area (Å²) in [6.07, 6.45) is 3.64. The lowest BCUT2D eigenvalue weighted by atomic mass is 10.2. The second-order valence-electron chi connectivity index (χ2n) is 12.3. The second-order valence-corrected chi connectivity index (χ2v) is 13.7. The van der Waals surface area contributed by atoms with Crippen LogP contribution in [0.25, 0.3) is 9.69 Å². The largest absolute Gasteiger partial charge is 0.490 e. The van der Waals surface area contributed by atoms with Crippen LogP contribution in [0.4, 0.5) is 41.1 Å². The number of rotatable bonds is 11. The normalized spacial score (nSPS) is 18.2. The van der Waals surface area contributed by atoms with E-state index in [9.17, 15) is 18.4 Å². The Balaban J connectivity index is 0.000000232. The number of nitrogens with zero attached hydrogens (tertiary/aromatic N) is 9. The van der Waals surface area contributed by atoms with Crippen molar-refractivity contribution < 1.29 is 37.3 Å². The van der Waals surface area contributed by atoms with Crippen molar-refractivity contribution in [1.29, 1.82) is 0 Å². The van der Waals surface area contributed by atoms with Gasteiger partial charge in [0, 0.05) is 41.9 Å². The first-order valence-corrected chi connectivity index (χ1v) is 19.4. The van der Waals surface area contributed by atoms with Crippen molar-refractivity contribution in [3.8, 4) is 0 Å². The molecular formula is C36H41BrF2N10O6S2. The van der Waals surface area contributed by atoms with Crippen LogP contribution in [0.3, 0.4) is 0 Å². The maximum absolute atomic E-state index is 14.7. The third-order valence-electron chi connectivity index (χ3n) is 8.65. The van der Waals surface area contributed by atoms with E-state index in [-0.39, 0.29) is 18.9 Å². The highest BCUT2D eigenvalue weighted by Gasteiger charge is 2.34. The topological polar surface area (TPSA) is 133 Å².